The van der Waals surface area contributed by atoms with Crippen molar-refractivity contribution in [3.8, 4) is 0 Å². The Balaban J connectivity index is 2.31. The molecule has 5 nitrogen and oxygen atoms in total. The summed E-state index contributed by atoms with van der Waals surface area (Å²) in [6.07, 6.45) is 2.57. The summed E-state index contributed by atoms with van der Waals surface area (Å²) in [7, 11) is 0. The molecule has 0 aromatic carbocycles. The SMILES string of the molecule is CCC(N)C(Sc1nc(C)cc(=O)[nH]1)c1ccccn1. The third-order valence-corrected chi connectivity index (χ3v) is 4.19. The van der Waals surface area contributed by atoms with Crippen LogP contribution in [-0.4, -0.2) is 21.0 Å². The first-order chi connectivity index (χ1) is 9.60. The summed E-state index contributed by atoms with van der Waals surface area (Å²) in [5, 5.41) is 0.542. The second kappa shape index (κ2) is 6.67. The van der Waals surface area contributed by atoms with Gasteiger partial charge in [-0.2, -0.15) is 0 Å². The molecule has 0 bridgehead atoms. The zero-order valence-electron chi connectivity index (χ0n) is 11.5. The van der Waals surface area contributed by atoms with Crippen molar-refractivity contribution in [1.29, 1.82) is 0 Å². The second-order valence-electron chi connectivity index (χ2n) is 4.56. The van der Waals surface area contributed by atoms with Crippen LogP contribution in [0.3, 0.4) is 0 Å². The van der Waals surface area contributed by atoms with Crippen molar-refractivity contribution >= 4 is 11.8 Å². The van der Waals surface area contributed by atoms with E-state index in [1.54, 1.807) is 13.1 Å². The Labute approximate surface area is 122 Å². The third kappa shape index (κ3) is 3.68. The standard InChI is InChI=1S/C14H18N4OS/c1-3-10(15)13(11-6-4-5-7-16-11)20-14-17-9(2)8-12(19)18-14/h4-8,10,13H,3,15H2,1-2H3,(H,17,18,19). The van der Waals surface area contributed by atoms with Crippen molar-refractivity contribution in [3.05, 3.63) is 52.2 Å². The zero-order valence-corrected chi connectivity index (χ0v) is 12.4. The highest BCUT2D eigenvalue weighted by Gasteiger charge is 2.22. The van der Waals surface area contributed by atoms with E-state index in [4.69, 9.17) is 5.73 Å². The number of nitrogens with two attached hydrogens (primary N) is 1. The van der Waals surface area contributed by atoms with Crippen LogP contribution >= 0.6 is 11.8 Å². The minimum atomic E-state index is -0.148. The Hall–Kier alpha value is -1.66. The van der Waals surface area contributed by atoms with Gasteiger partial charge in [-0.15, -0.1) is 0 Å². The van der Waals surface area contributed by atoms with Crippen LogP contribution in [0, 0.1) is 6.92 Å². The van der Waals surface area contributed by atoms with Gasteiger partial charge in [0.15, 0.2) is 5.16 Å². The fourth-order valence-corrected chi connectivity index (χ4v) is 3.08. The molecule has 3 N–H and O–H groups in total. The van der Waals surface area contributed by atoms with E-state index in [9.17, 15) is 4.79 Å². The number of aromatic amines is 1. The van der Waals surface area contributed by atoms with Crippen LogP contribution in [-0.2, 0) is 0 Å². The summed E-state index contributed by atoms with van der Waals surface area (Å²) >= 11 is 1.45. The van der Waals surface area contributed by atoms with Crippen molar-refractivity contribution in [1.82, 2.24) is 15.0 Å². The van der Waals surface area contributed by atoms with Gasteiger partial charge in [-0.3, -0.25) is 9.78 Å². The number of hydrogen-bond acceptors (Lipinski definition) is 5. The zero-order chi connectivity index (χ0) is 14.5. The van der Waals surface area contributed by atoms with E-state index in [1.807, 2.05) is 25.1 Å². The topological polar surface area (TPSA) is 84.7 Å². The average molecular weight is 290 g/mol. The minimum Gasteiger partial charge on any atom is -0.326 e. The fraction of sp³-hybridized carbons (Fsp3) is 0.357. The highest BCUT2D eigenvalue weighted by molar-refractivity contribution is 7.99. The van der Waals surface area contributed by atoms with Gasteiger partial charge in [-0.05, 0) is 25.5 Å². The van der Waals surface area contributed by atoms with Crippen molar-refractivity contribution < 1.29 is 0 Å². The molecule has 2 aromatic rings. The van der Waals surface area contributed by atoms with E-state index in [1.165, 1.54) is 17.8 Å². The van der Waals surface area contributed by atoms with Crippen LogP contribution in [0.15, 0.2) is 40.4 Å². The largest absolute Gasteiger partial charge is 0.326 e. The number of rotatable bonds is 5. The maximum absolute atomic E-state index is 11.5. The average Bonchev–Trinajstić information content (AvgIpc) is 2.44. The van der Waals surface area contributed by atoms with Gasteiger partial charge < -0.3 is 10.7 Å². The van der Waals surface area contributed by atoms with Crippen LogP contribution in [0.2, 0.25) is 0 Å². The molecule has 106 valence electrons. The van der Waals surface area contributed by atoms with Crippen LogP contribution < -0.4 is 11.3 Å². The molecular weight excluding hydrogens is 272 g/mol. The predicted molar refractivity (Wildman–Crippen MR) is 80.7 cm³/mol. The molecule has 0 fully saturated rings. The minimum absolute atomic E-state index is 0.0360. The van der Waals surface area contributed by atoms with Crippen LogP contribution in [0.25, 0.3) is 0 Å². The number of aromatic nitrogens is 3. The normalized spacial score (nSPS) is 13.9. The van der Waals surface area contributed by atoms with E-state index in [2.05, 4.69) is 15.0 Å². The molecule has 0 aliphatic rings. The lowest BCUT2D eigenvalue weighted by molar-refractivity contribution is 0.622. The molecule has 0 saturated heterocycles. The van der Waals surface area contributed by atoms with E-state index in [0.717, 1.165) is 12.1 Å². The summed E-state index contributed by atoms with van der Waals surface area (Å²) in [4.78, 5) is 23.0. The summed E-state index contributed by atoms with van der Waals surface area (Å²) in [6.45, 7) is 3.84. The monoisotopic (exact) mass is 290 g/mol. The van der Waals surface area contributed by atoms with Gasteiger partial charge in [0.05, 0.1) is 10.9 Å². The van der Waals surface area contributed by atoms with Gasteiger partial charge in [0, 0.05) is 24.0 Å². The Morgan fingerprint density at radius 3 is 2.85 bits per heavy atom. The molecule has 0 aliphatic heterocycles. The number of H-pyrrole nitrogens is 1. The molecule has 20 heavy (non-hydrogen) atoms. The highest BCUT2D eigenvalue weighted by atomic mass is 32.2. The number of aryl methyl sites for hydroxylation is 1. The van der Waals surface area contributed by atoms with Gasteiger partial charge in [-0.1, -0.05) is 24.8 Å². The summed E-state index contributed by atoms with van der Waals surface area (Å²) < 4.78 is 0. The first-order valence-corrected chi connectivity index (χ1v) is 7.39. The molecule has 6 heteroatoms. The molecule has 2 heterocycles. The molecule has 0 aliphatic carbocycles. The highest BCUT2D eigenvalue weighted by Crippen LogP contribution is 2.34. The van der Waals surface area contributed by atoms with Gasteiger partial charge in [0.1, 0.15) is 0 Å². The second-order valence-corrected chi connectivity index (χ2v) is 5.69. The van der Waals surface area contributed by atoms with Crippen LogP contribution in [0.5, 0.6) is 0 Å². The summed E-state index contributed by atoms with van der Waals surface area (Å²) in [5.41, 5.74) is 7.64. The van der Waals surface area contributed by atoms with Crippen LogP contribution in [0.4, 0.5) is 0 Å². The van der Waals surface area contributed by atoms with Crippen molar-refractivity contribution in [3.63, 3.8) is 0 Å². The number of nitrogens with zero attached hydrogens (tertiary/aromatic N) is 2. The lowest BCUT2D eigenvalue weighted by Crippen LogP contribution is -2.26. The van der Waals surface area contributed by atoms with Gasteiger partial charge in [0.25, 0.3) is 5.56 Å². The van der Waals surface area contributed by atoms with E-state index in [0.29, 0.717) is 10.9 Å². The lowest BCUT2D eigenvalue weighted by atomic mass is 10.1. The molecule has 0 spiro atoms. The van der Waals surface area contributed by atoms with Crippen molar-refractivity contribution in [2.45, 2.75) is 36.7 Å². The fourth-order valence-electron chi connectivity index (χ4n) is 1.85. The van der Waals surface area contributed by atoms with E-state index < -0.39 is 0 Å². The quantitative estimate of drug-likeness (QED) is 0.650. The Kier molecular flexibility index (Phi) is 4.92. The van der Waals surface area contributed by atoms with Gasteiger partial charge in [-0.25, -0.2) is 4.98 Å². The lowest BCUT2D eigenvalue weighted by Gasteiger charge is -2.21. The number of hydrogen-bond donors (Lipinski definition) is 2. The maximum Gasteiger partial charge on any atom is 0.251 e. The van der Waals surface area contributed by atoms with Crippen molar-refractivity contribution in [2.75, 3.05) is 0 Å². The Bertz CT molecular complexity index is 614. The molecule has 2 aromatic heterocycles. The van der Waals surface area contributed by atoms with Gasteiger partial charge in [0.2, 0.25) is 0 Å². The molecule has 2 unspecified atom stereocenters. The molecule has 0 radical (unpaired) electrons. The summed E-state index contributed by atoms with van der Waals surface area (Å²) in [6, 6.07) is 7.17. The molecule has 0 amide bonds. The molecule has 2 atom stereocenters. The molecule has 2 rings (SSSR count). The summed E-state index contributed by atoms with van der Waals surface area (Å²) in [5.74, 6) is 0. The van der Waals surface area contributed by atoms with E-state index in [-0.39, 0.29) is 16.9 Å². The predicted octanol–water partition coefficient (Wildman–Crippen LogP) is 2.04. The van der Waals surface area contributed by atoms with E-state index >= 15 is 0 Å². The molecular formula is C14H18N4OS. The number of pyridine rings is 1. The van der Waals surface area contributed by atoms with Crippen LogP contribution in [0.1, 0.15) is 30.0 Å². The van der Waals surface area contributed by atoms with Crippen molar-refractivity contribution in [2.24, 2.45) is 5.73 Å². The third-order valence-electron chi connectivity index (χ3n) is 2.93. The number of nitrogens with one attached hydrogen (secondary N) is 1. The van der Waals surface area contributed by atoms with Gasteiger partial charge >= 0.3 is 0 Å². The first-order valence-electron chi connectivity index (χ1n) is 6.51. The Morgan fingerprint density at radius 2 is 2.25 bits per heavy atom. The Morgan fingerprint density at radius 1 is 1.45 bits per heavy atom. The first kappa shape index (κ1) is 14.7. The maximum atomic E-state index is 11.5. The number of thioether (sulfide) groups is 1. The molecule has 0 saturated carbocycles. The smallest absolute Gasteiger partial charge is 0.251 e.